The van der Waals surface area contributed by atoms with Gasteiger partial charge in [-0.2, -0.15) is 9.78 Å². The minimum Gasteiger partial charge on any atom is -0.481 e. The third-order valence-corrected chi connectivity index (χ3v) is 6.89. The van der Waals surface area contributed by atoms with E-state index >= 15 is 0 Å². The number of carbonyl (C=O) groups is 1. The van der Waals surface area contributed by atoms with Crippen LogP contribution in [0.5, 0.6) is 5.75 Å². The van der Waals surface area contributed by atoms with Gasteiger partial charge in [-0.15, -0.1) is 0 Å². The smallest absolute Gasteiger partial charge is 0.344 e. The first-order valence-electron chi connectivity index (χ1n) is 13.0. The Morgan fingerprint density at radius 1 is 1.00 bits per heavy atom. The van der Waals surface area contributed by atoms with Crippen LogP contribution < -0.4 is 10.3 Å². The first-order valence-corrected chi connectivity index (χ1v) is 13.8. The lowest BCUT2D eigenvalue weighted by Crippen LogP contribution is -2.20. The highest BCUT2D eigenvalue weighted by Crippen LogP contribution is 2.30. The summed E-state index contributed by atoms with van der Waals surface area (Å²) >= 11 is 3.49. The number of rotatable bonds is 7. The minimum absolute atomic E-state index is 0.250. The lowest BCUT2D eigenvalue weighted by Gasteiger charge is -2.13. The fourth-order valence-corrected chi connectivity index (χ4v) is 4.98. The second-order valence-corrected chi connectivity index (χ2v) is 10.5. The summed E-state index contributed by atoms with van der Waals surface area (Å²) in [5.41, 5.74) is 1.42. The van der Waals surface area contributed by atoms with Gasteiger partial charge in [-0.1, -0.05) is 58.4 Å². The second-order valence-electron chi connectivity index (χ2n) is 9.63. The molecule has 0 fully saturated rings. The quantitative estimate of drug-likeness (QED) is 0.144. The van der Waals surface area contributed by atoms with Crippen molar-refractivity contribution in [3.8, 4) is 17.3 Å². The third-order valence-electron chi connectivity index (χ3n) is 6.40. The Hall–Kier alpha value is -4.76. The summed E-state index contributed by atoms with van der Waals surface area (Å²) in [5, 5.41) is 7.67. The van der Waals surface area contributed by atoms with Gasteiger partial charge in [0.2, 0.25) is 5.82 Å². The van der Waals surface area contributed by atoms with Crippen LogP contribution in [0.1, 0.15) is 19.4 Å². The highest BCUT2D eigenvalue weighted by Gasteiger charge is 2.17. The normalized spacial score (nSPS) is 11.7. The van der Waals surface area contributed by atoms with Crippen molar-refractivity contribution in [2.75, 3.05) is 6.61 Å². The Kier molecular flexibility index (Phi) is 7.11. The molecule has 6 aromatic rings. The molecule has 8 nitrogen and oxygen atoms in total. The number of hydrogen-bond acceptors (Lipinski definition) is 7. The van der Waals surface area contributed by atoms with E-state index in [1.165, 1.54) is 4.68 Å². The number of para-hydroxylation sites is 1. The third kappa shape index (κ3) is 5.36. The van der Waals surface area contributed by atoms with Gasteiger partial charge in [0.25, 0.3) is 5.56 Å². The Morgan fingerprint density at radius 2 is 1.78 bits per heavy atom. The Balaban J connectivity index is 1.50. The molecule has 0 saturated heterocycles. The van der Waals surface area contributed by atoms with Gasteiger partial charge < -0.3 is 13.9 Å². The van der Waals surface area contributed by atoms with Gasteiger partial charge in [0, 0.05) is 15.4 Å². The molecule has 0 spiro atoms. The van der Waals surface area contributed by atoms with Crippen LogP contribution in [0.3, 0.4) is 0 Å². The molecule has 0 radical (unpaired) electrons. The van der Waals surface area contributed by atoms with Crippen molar-refractivity contribution in [3.63, 3.8) is 0 Å². The number of hydrogen-bond donors (Lipinski definition) is 0. The lowest BCUT2D eigenvalue weighted by molar-refractivity contribution is -0.149. The molecule has 204 valence electrons. The van der Waals surface area contributed by atoms with Crippen molar-refractivity contribution in [2.24, 2.45) is 5.10 Å². The highest BCUT2D eigenvalue weighted by molar-refractivity contribution is 9.10. The van der Waals surface area contributed by atoms with E-state index in [9.17, 15) is 9.59 Å². The summed E-state index contributed by atoms with van der Waals surface area (Å²) in [4.78, 5) is 30.7. The van der Waals surface area contributed by atoms with Crippen LogP contribution in [0.4, 0.5) is 0 Å². The maximum Gasteiger partial charge on any atom is 0.344 e. The summed E-state index contributed by atoms with van der Waals surface area (Å²) in [6.45, 7) is 3.29. The molecule has 9 heteroatoms. The molecule has 0 atom stereocenters. The molecule has 0 aliphatic heterocycles. The summed E-state index contributed by atoms with van der Waals surface area (Å²) in [5.74, 6) is 0.583. The first kappa shape index (κ1) is 26.5. The maximum atomic E-state index is 13.7. The molecular weight excluding hydrogens is 586 g/mol. The van der Waals surface area contributed by atoms with Gasteiger partial charge in [0.05, 0.1) is 23.2 Å². The SMILES string of the molecule is CC(C)OC(=O)COc1ccc2ccccc2c1C=Nn1c(-c2cc3cc(Br)ccc3o2)nc2ccccc2c1=O. The van der Waals surface area contributed by atoms with Crippen LogP contribution in [0.15, 0.2) is 104 Å². The van der Waals surface area contributed by atoms with Crippen LogP contribution >= 0.6 is 15.9 Å². The van der Waals surface area contributed by atoms with E-state index in [4.69, 9.17) is 18.9 Å². The monoisotopic (exact) mass is 609 g/mol. The van der Waals surface area contributed by atoms with Gasteiger partial charge in [0.1, 0.15) is 11.3 Å². The van der Waals surface area contributed by atoms with Crippen molar-refractivity contribution in [1.29, 1.82) is 0 Å². The molecule has 4 aromatic carbocycles. The number of esters is 1. The minimum atomic E-state index is -0.482. The topological polar surface area (TPSA) is 95.9 Å². The fraction of sp³-hybridized carbons (Fsp3) is 0.125. The lowest BCUT2D eigenvalue weighted by atomic mass is 10.0. The van der Waals surface area contributed by atoms with Gasteiger partial charge in [-0.3, -0.25) is 4.79 Å². The van der Waals surface area contributed by atoms with Crippen molar-refractivity contribution < 1.29 is 18.7 Å². The zero-order valence-electron chi connectivity index (χ0n) is 22.2. The number of benzene rings is 4. The zero-order chi connectivity index (χ0) is 28.5. The molecule has 0 aliphatic carbocycles. The molecule has 0 bridgehead atoms. The number of fused-ring (bicyclic) bond motifs is 3. The number of ether oxygens (including phenoxy) is 2. The molecule has 0 N–H and O–H groups in total. The largest absolute Gasteiger partial charge is 0.481 e. The molecule has 0 amide bonds. The fourth-order valence-electron chi connectivity index (χ4n) is 4.60. The predicted octanol–water partition coefficient (Wildman–Crippen LogP) is 6.94. The van der Waals surface area contributed by atoms with Crippen molar-refractivity contribution in [2.45, 2.75) is 20.0 Å². The maximum absolute atomic E-state index is 13.7. The summed E-state index contributed by atoms with van der Waals surface area (Å²) in [6, 6.07) is 26.0. The van der Waals surface area contributed by atoms with Crippen LogP contribution in [-0.4, -0.2) is 34.6 Å². The van der Waals surface area contributed by atoms with E-state index in [0.29, 0.717) is 33.6 Å². The summed E-state index contributed by atoms with van der Waals surface area (Å²) in [7, 11) is 0. The highest BCUT2D eigenvalue weighted by atomic mass is 79.9. The molecule has 41 heavy (non-hydrogen) atoms. The summed E-state index contributed by atoms with van der Waals surface area (Å²) in [6.07, 6.45) is 1.29. The van der Waals surface area contributed by atoms with Crippen molar-refractivity contribution in [1.82, 2.24) is 9.66 Å². The van der Waals surface area contributed by atoms with E-state index in [-0.39, 0.29) is 24.1 Å². The van der Waals surface area contributed by atoms with Crippen LogP contribution in [-0.2, 0) is 9.53 Å². The number of carbonyl (C=O) groups excluding carboxylic acids is 1. The van der Waals surface area contributed by atoms with E-state index in [1.54, 1.807) is 44.3 Å². The number of nitrogens with zero attached hydrogens (tertiary/aromatic N) is 3. The number of halogens is 1. The molecule has 2 heterocycles. The molecule has 0 aliphatic rings. The average Bonchev–Trinajstić information content (AvgIpc) is 3.38. The molecular formula is C32H24BrN3O5. The Bertz CT molecular complexity index is 2030. The molecule has 0 unspecified atom stereocenters. The zero-order valence-corrected chi connectivity index (χ0v) is 23.8. The first-order chi connectivity index (χ1) is 19.9. The summed E-state index contributed by atoms with van der Waals surface area (Å²) < 4.78 is 19.3. The Labute approximate surface area is 243 Å². The molecule has 6 rings (SSSR count). The van der Waals surface area contributed by atoms with Gasteiger partial charge >= 0.3 is 5.97 Å². The van der Waals surface area contributed by atoms with E-state index in [2.05, 4.69) is 21.0 Å². The van der Waals surface area contributed by atoms with E-state index in [0.717, 1.165) is 20.6 Å². The molecule has 2 aromatic heterocycles. The van der Waals surface area contributed by atoms with Crippen LogP contribution in [0.25, 0.3) is 44.2 Å². The van der Waals surface area contributed by atoms with Crippen molar-refractivity contribution >= 4 is 60.8 Å². The van der Waals surface area contributed by atoms with Gasteiger partial charge in [-0.05, 0) is 67.1 Å². The average molecular weight is 610 g/mol. The number of furan rings is 1. The van der Waals surface area contributed by atoms with Crippen LogP contribution in [0.2, 0.25) is 0 Å². The standard InChI is InChI=1S/C32H24BrN3O5/c1-19(2)40-30(37)18-39-28-13-11-20-7-3-4-8-23(20)25(28)17-34-36-31(35-26-10-6-5-9-24(26)32(36)38)29-16-21-15-22(33)12-14-27(21)41-29/h3-17,19H,18H2,1-2H3. The predicted molar refractivity (Wildman–Crippen MR) is 163 cm³/mol. The van der Waals surface area contributed by atoms with Gasteiger partial charge in [-0.25, -0.2) is 9.78 Å². The second kappa shape index (κ2) is 11.0. The van der Waals surface area contributed by atoms with Crippen molar-refractivity contribution in [3.05, 3.63) is 105 Å². The van der Waals surface area contributed by atoms with Gasteiger partial charge in [0.15, 0.2) is 12.4 Å². The van der Waals surface area contributed by atoms with E-state index < -0.39 is 5.97 Å². The molecule has 0 saturated carbocycles. The van der Waals surface area contributed by atoms with E-state index in [1.807, 2.05) is 60.7 Å². The van der Waals surface area contributed by atoms with Crippen LogP contribution in [0, 0.1) is 0 Å². The number of aromatic nitrogens is 2. The Morgan fingerprint density at radius 3 is 2.61 bits per heavy atom.